The summed E-state index contributed by atoms with van der Waals surface area (Å²) < 4.78 is 7.80. The number of rotatable bonds is 1. The molecule has 4 heteroatoms. The second kappa shape index (κ2) is 7.38. The Labute approximate surface area is 124 Å². The minimum absolute atomic E-state index is 0. The van der Waals surface area contributed by atoms with E-state index < -0.39 is 0 Å². The van der Waals surface area contributed by atoms with Crippen LogP contribution in [0.25, 0.3) is 0 Å². The normalized spacial score (nSPS) is 15.3. The Hall–Kier alpha value is -0.0700. The fourth-order valence-electron chi connectivity index (χ4n) is 1.89. The molecule has 0 amide bonds. The second-order valence-corrected chi connectivity index (χ2v) is 4.77. The number of morpholine rings is 1. The summed E-state index contributed by atoms with van der Waals surface area (Å²) in [7, 11) is 0. The van der Waals surface area contributed by atoms with Gasteiger partial charge < -0.3 is 28.7 Å². The summed E-state index contributed by atoms with van der Waals surface area (Å²) in [5, 5.41) is 1.36. The fourth-order valence-corrected chi connectivity index (χ4v) is 2.70. The first-order valence-electron chi connectivity index (χ1n) is 5.62. The predicted octanol–water partition coefficient (Wildman–Crippen LogP) is -0.849. The summed E-state index contributed by atoms with van der Waals surface area (Å²) in [5.74, 6) is 0. The van der Waals surface area contributed by atoms with Gasteiger partial charge in [-0.2, -0.15) is 0 Å². The van der Waals surface area contributed by atoms with Crippen molar-refractivity contribution in [2.24, 2.45) is 0 Å². The van der Waals surface area contributed by atoms with Crippen LogP contribution in [-0.2, 0) is 4.74 Å². The highest BCUT2D eigenvalue weighted by atomic mass is 127. The Morgan fingerprint density at radius 2 is 1.76 bits per heavy atom. The molecule has 0 radical (unpaired) electrons. The van der Waals surface area contributed by atoms with Gasteiger partial charge in [-0.3, -0.25) is 0 Å². The van der Waals surface area contributed by atoms with Crippen molar-refractivity contribution in [1.82, 2.24) is 0 Å². The summed E-state index contributed by atoms with van der Waals surface area (Å²) >= 11 is 1.82. The first-order valence-corrected chi connectivity index (χ1v) is 6.84. The van der Waals surface area contributed by atoms with Gasteiger partial charge in [-0.15, -0.1) is 0 Å². The lowest BCUT2D eigenvalue weighted by atomic mass is 10.2. The highest BCUT2D eigenvalue weighted by Crippen LogP contribution is 2.13. The highest BCUT2D eigenvalue weighted by Gasteiger charge is 2.19. The number of hydrogen-bond acceptors (Lipinski definition) is 2. The SMILES string of the molecule is CSC(c1ccc(C)cc1)=[N+]1CCOCC1.[I-]. The molecule has 94 valence electrons. The topological polar surface area (TPSA) is 12.2 Å². The highest BCUT2D eigenvalue weighted by molar-refractivity contribution is 8.13. The molecule has 1 heterocycles. The van der Waals surface area contributed by atoms with Gasteiger partial charge in [0, 0.05) is 0 Å². The van der Waals surface area contributed by atoms with Gasteiger partial charge in [0.05, 0.1) is 5.56 Å². The second-order valence-electron chi connectivity index (χ2n) is 3.97. The Kier molecular flexibility index (Phi) is 6.51. The molecule has 17 heavy (non-hydrogen) atoms. The molecule has 1 aromatic rings. The summed E-state index contributed by atoms with van der Waals surface area (Å²) in [5.41, 5.74) is 2.63. The smallest absolute Gasteiger partial charge is 0.241 e. The Balaban J connectivity index is 0.00000144. The van der Waals surface area contributed by atoms with Crippen LogP contribution < -0.4 is 24.0 Å². The average Bonchev–Trinajstić information content (AvgIpc) is 2.34. The van der Waals surface area contributed by atoms with Crippen molar-refractivity contribution >= 4 is 16.8 Å². The van der Waals surface area contributed by atoms with Crippen molar-refractivity contribution in [3.05, 3.63) is 35.4 Å². The largest absolute Gasteiger partial charge is 1.00 e. The summed E-state index contributed by atoms with van der Waals surface area (Å²) in [6.07, 6.45) is 2.14. The van der Waals surface area contributed by atoms with Crippen LogP contribution in [0.2, 0.25) is 0 Å². The number of nitrogens with zero attached hydrogens (tertiary/aromatic N) is 1. The molecule has 0 aliphatic carbocycles. The average molecular weight is 363 g/mol. The van der Waals surface area contributed by atoms with E-state index in [1.165, 1.54) is 16.2 Å². The molecule has 0 unspecified atom stereocenters. The van der Waals surface area contributed by atoms with Crippen molar-refractivity contribution < 1.29 is 33.3 Å². The Bertz CT molecular complexity index is 381. The lowest BCUT2D eigenvalue weighted by molar-refractivity contribution is -0.546. The number of benzene rings is 1. The van der Waals surface area contributed by atoms with Gasteiger partial charge in [-0.25, -0.2) is 4.58 Å². The Morgan fingerprint density at radius 3 is 2.29 bits per heavy atom. The third-order valence-corrected chi connectivity index (χ3v) is 3.67. The van der Waals surface area contributed by atoms with E-state index in [2.05, 4.69) is 42.0 Å². The van der Waals surface area contributed by atoms with Gasteiger partial charge in [0.25, 0.3) is 0 Å². The molecule has 0 aromatic heterocycles. The van der Waals surface area contributed by atoms with Gasteiger partial charge in [0.1, 0.15) is 13.2 Å². The fraction of sp³-hybridized carbons (Fsp3) is 0.462. The van der Waals surface area contributed by atoms with Gasteiger partial charge in [-0.1, -0.05) is 29.5 Å². The molecule has 2 nitrogen and oxygen atoms in total. The summed E-state index contributed by atoms with van der Waals surface area (Å²) in [6, 6.07) is 8.76. The van der Waals surface area contributed by atoms with E-state index in [0.717, 1.165) is 26.3 Å². The molecule has 1 saturated heterocycles. The van der Waals surface area contributed by atoms with E-state index >= 15 is 0 Å². The molecule has 0 bridgehead atoms. The van der Waals surface area contributed by atoms with Crippen LogP contribution in [0.4, 0.5) is 0 Å². The van der Waals surface area contributed by atoms with E-state index in [4.69, 9.17) is 4.74 Å². The van der Waals surface area contributed by atoms with E-state index in [0.29, 0.717) is 0 Å². The molecule has 1 fully saturated rings. The van der Waals surface area contributed by atoms with Crippen LogP contribution in [0.3, 0.4) is 0 Å². The molecule has 1 aliphatic rings. The van der Waals surface area contributed by atoms with Crippen molar-refractivity contribution in [1.29, 1.82) is 0 Å². The molecule has 0 N–H and O–H groups in total. The molecule has 1 aliphatic heterocycles. The lowest BCUT2D eigenvalue weighted by Gasteiger charge is -2.14. The number of hydrogen-bond donors (Lipinski definition) is 0. The van der Waals surface area contributed by atoms with Crippen LogP contribution in [-0.4, -0.2) is 42.2 Å². The molecular formula is C13H18INOS. The van der Waals surface area contributed by atoms with Crippen molar-refractivity contribution in [2.75, 3.05) is 32.6 Å². The van der Waals surface area contributed by atoms with E-state index in [-0.39, 0.29) is 24.0 Å². The molecule has 0 spiro atoms. The minimum Gasteiger partial charge on any atom is -1.00 e. The lowest BCUT2D eigenvalue weighted by Crippen LogP contribution is -3.00. The van der Waals surface area contributed by atoms with Crippen molar-refractivity contribution in [2.45, 2.75) is 6.92 Å². The molecule has 2 rings (SSSR count). The monoisotopic (exact) mass is 363 g/mol. The molecule has 0 saturated carbocycles. The van der Waals surface area contributed by atoms with Gasteiger partial charge in [0.15, 0.2) is 13.1 Å². The van der Waals surface area contributed by atoms with Crippen LogP contribution in [0.1, 0.15) is 11.1 Å². The number of ether oxygens (including phenoxy) is 1. The predicted molar refractivity (Wildman–Crippen MR) is 69.6 cm³/mol. The van der Waals surface area contributed by atoms with Crippen molar-refractivity contribution in [3.8, 4) is 0 Å². The van der Waals surface area contributed by atoms with Crippen LogP contribution in [0.5, 0.6) is 0 Å². The zero-order chi connectivity index (χ0) is 11.4. The maximum atomic E-state index is 5.39. The van der Waals surface area contributed by atoms with E-state index in [1.807, 2.05) is 11.8 Å². The maximum Gasteiger partial charge on any atom is 0.241 e. The third kappa shape index (κ3) is 3.96. The van der Waals surface area contributed by atoms with Gasteiger partial charge in [0.2, 0.25) is 5.04 Å². The van der Waals surface area contributed by atoms with E-state index in [9.17, 15) is 0 Å². The van der Waals surface area contributed by atoms with Crippen molar-refractivity contribution in [3.63, 3.8) is 0 Å². The molecule has 1 aromatic carbocycles. The first kappa shape index (κ1) is 15.0. The standard InChI is InChI=1S/C13H18NOS.HI/c1-11-3-5-12(6-4-11)13(16-2)14-7-9-15-10-8-14;/h3-6H,7-10H2,1-2H3;1H/q+1;/p-1. The summed E-state index contributed by atoms with van der Waals surface area (Å²) in [6.45, 7) is 5.82. The third-order valence-electron chi connectivity index (χ3n) is 2.79. The summed E-state index contributed by atoms with van der Waals surface area (Å²) in [4.78, 5) is 0. The number of aryl methyl sites for hydroxylation is 1. The number of halogens is 1. The molecular weight excluding hydrogens is 345 g/mol. The number of thioether (sulfide) groups is 1. The first-order chi connectivity index (χ1) is 7.81. The Morgan fingerprint density at radius 1 is 1.18 bits per heavy atom. The zero-order valence-corrected chi connectivity index (χ0v) is 13.3. The van der Waals surface area contributed by atoms with Crippen LogP contribution >= 0.6 is 11.8 Å². The quantitative estimate of drug-likeness (QED) is 0.366. The maximum absolute atomic E-state index is 5.39. The van der Waals surface area contributed by atoms with Gasteiger partial charge >= 0.3 is 0 Å². The van der Waals surface area contributed by atoms with Crippen LogP contribution in [0.15, 0.2) is 24.3 Å². The molecule has 0 atom stereocenters. The van der Waals surface area contributed by atoms with Gasteiger partial charge in [-0.05, 0) is 25.3 Å². The van der Waals surface area contributed by atoms with Crippen LogP contribution in [0, 0.1) is 6.92 Å². The van der Waals surface area contributed by atoms with E-state index in [1.54, 1.807) is 0 Å². The minimum atomic E-state index is 0. The zero-order valence-electron chi connectivity index (χ0n) is 10.3.